The third kappa shape index (κ3) is 2.22. The molecule has 0 aliphatic carbocycles. The van der Waals surface area contributed by atoms with Gasteiger partial charge in [-0.05, 0) is 18.6 Å². The predicted molar refractivity (Wildman–Crippen MR) is 64.7 cm³/mol. The Hall–Kier alpha value is -1.68. The minimum absolute atomic E-state index is 0.994. The average Bonchev–Trinajstić information content (AvgIpc) is 2.73. The summed E-state index contributed by atoms with van der Waals surface area (Å²) in [4.78, 5) is 3.23. The molecule has 2 aromatic rings. The summed E-state index contributed by atoms with van der Waals surface area (Å²) in [6.07, 6.45) is 5.35. The van der Waals surface area contributed by atoms with Gasteiger partial charge in [-0.2, -0.15) is 0 Å². The molecule has 0 aliphatic rings. The van der Waals surface area contributed by atoms with E-state index < -0.39 is 0 Å². The maximum absolute atomic E-state index is 3.23. The molecule has 0 radical (unpaired) electrons. The second kappa shape index (κ2) is 4.70. The highest BCUT2D eigenvalue weighted by molar-refractivity contribution is 5.85. The fraction of sp³-hybridized carbons (Fsp3) is 0.286. The van der Waals surface area contributed by atoms with Crippen molar-refractivity contribution in [1.29, 1.82) is 0 Å². The number of aromatic nitrogens is 1. The summed E-state index contributed by atoms with van der Waals surface area (Å²) in [6, 6.07) is 8.30. The molecular weight excluding hydrogens is 182 g/mol. The molecule has 1 nitrogen and oxygen atoms in total. The molecule has 0 spiro atoms. The molecule has 0 bridgehead atoms. The Kier molecular flexibility index (Phi) is 3.09. The Morgan fingerprint density at radius 1 is 1.27 bits per heavy atom. The van der Waals surface area contributed by atoms with Crippen LogP contribution in [0.2, 0.25) is 0 Å². The van der Waals surface area contributed by atoms with Gasteiger partial charge in [-0.3, -0.25) is 0 Å². The van der Waals surface area contributed by atoms with E-state index in [9.17, 15) is 0 Å². The van der Waals surface area contributed by atoms with Gasteiger partial charge in [0.2, 0.25) is 0 Å². The molecule has 0 atom stereocenters. The topological polar surface area (TPSA) is 15.8 Å². The number of fused-ring (bicyclic) bond motifs is 1. The number of aromatic amines is 1. The minimum atomic E-state index is 0.994. The maximum atomic E-state index is 3.23. The van der Waals surface area contributed by atoms with Crippen molar-refractivity contribution >= 4 is 10.9 Å². The second-order valence-electron chi connectivity index (χ2n) is 3.65. The Labute approximate surface area is 90.5 Å². The van der Waals surface area contributed by atoms with Gasteiger partial charge in [0.05, 0.1) is 5.52 Å². The molecule has 1 N–H and O–H groups in total. The number of rotatable bonds is 2. The zero-order valence-corrected chi connectivity index (χ0v) is 9.01. The molecule has 0 aliphatic heterocycles. The largest absolute Gasteiger partial charge is 0.360 e. The highest BCUT2D eigenvalue weighted by atomic mass is 14.7. The van der Waals surface area contributed by atoms with Crippen LogP contribution in [0.1, 0.15) is 31.7 Å². The molecule has 0 amide bonds. The van der Waals surface area contributed by atoms with E-state index in [0.717, 1.165) is 17.5 Å². The summed E-state index contributed by atoms with van der Waals surface area (Å²) < 4.78 is 0. The van der Waals surface area contributed by atoms with Crippen molar-refractivity contribution in [2.45, 2.75) is 26.2 Å². The number of hydrogen-bond acceptors (Lipinski definition) is 0. The van der Waals surface area contributed by atoms with Crippen molar-refractivity contribution in [2.75, 3.05) is 0 Å². The fourth-order valence-corrected chi connectivity index (χ4v) is 1.61. The SMILES string of the molecule is CCCCC#Cc1cccc2cc[nH]c12. The Morgan fingerprint density at radius 3 is 3.07 bits per heavy atom. The van der Waals surface area contributed by atoms with Crippen LogP contribution in [0.5, 0.6) is 0 Å². The number of unbranched alkanes of at least 4 members (excludes halogenated alkanes) is 2. The number of nitrogens with one attached hydrogen (secondary N) is 1. The van der Waals surface area contributed by atoms with Gasteiger partial charge < -0.3 is 4.98 Å². The standard InChI is InChI=1S/C14H15N/c1-2-3-4-5-7-12-8-6-9-13-10-11-15-14(12)13/h6,8-11,15H,2-4H2,1H3. The van der Waals surface area contributed by atoms with E-state index in [2.05, 4.69) is 48.0 Å². The normalized spacial score (nSPS) is 9.93. The fourth-order valence-electron chi connectivity index (χ4n) is 1.61. The van der Waals surface area contributed by atoms with E-state index in [4.69, 9.17) is 0 Å². The lowest BCUT2D eigenvalue weighted by molar-refractivity contribution is 0.828. The van der Waals surface area contributed by atoms with Crippen LogP contribution in [-0.2, 0) is 0 Å². The summed E-state index contributed by atoms with van der Waals surface area (Å²) in [6.45, 7) is 2.19. The quantitative estimate of drug-likeness (QED) is 0.558. The highest BCUT2D eigenvalue weighted by Gasteiger charge is 1.97. The van der Waals surface area contributed by atoms with Crippen LogP contribution in [0.25, 0.3) is 10.9 Å². The lowest BCUT2D eigenvalue weighted by Crippen LogP contribution is -1.77. The van der Waals surface area contributed by atoms with Crippen molar-refractivity contribution in [3.63, 3.8) is 0 Å². The Morgan fingerprint density at radius 2 is 2.20 bits per heavy atom. The van der Waals surface area contributed by atoms with Crippen LogP contribution in [0.4, 0.5) is 0 Å². The molecular formula is C14H15N. The molecule has 2 rings (SSSR count). The number of para-hydroxylation sites is 1. The second-order valence-corrected chi connectivity index (χ2v) is 3.65. The lowest BCUT2D eigenvalue weighted by atomic mass is 10.1. The summed E-state index contributed by atoms with van der Waals surface area (Å²) in [5.74, 6) is 6.44. The van der Waals surface area contributed by atoms with Gasteiger partial charge in [-0.1, -0.05) is 37.3 Å². The van der Waals surface area contributed by atoms with E-state index in [1.807, 2.05) is 6.20 Å². The molecule has 1 heteroatoms. The van der Waals surface area contributed by atoms with Crippen molar-refractivity contribution < 1.29 is 0 Å². The van der Waals surface area contributed by atoms with Crippen LogP contribution in [0.15, 0.2) is 30.5 Å². The molecule has 0 fully saturated rings. The predicted octanol–water partition coefficient (Wildman–Crippen LogP) is 3.71. The van der Waals surface area contributed by atoms with E-state index in [-0.39, 0.29) is 0 Å². The van der Waals surface area contributed by atoms with Crippen LogP contribution >= 0.6 is 0 Å². The molecule has 76 valence electrons. The zero-order valence-electron chi connectivity index (χ0n) is 9.01. The molecule has 0 saturated carbocycles. The van der Waals surface area contributed by atoms with E-state index in [1.165, 1.54) is 18.2 Å². The molecule has 1 aromatic heterocycles. The maximum Gasteiger partial charge on any atom is 0.0612 e. The molecule has 15 heavy (non-hydrogen) atoms. The molecule has 1 aromatic carbocycles. The minimum Gasteiger partial charge on any atom is -0.360 e. The summed E-state index contributed by atoms with van der Waals surface area (Å²) in [7, 11) is 0. The van der Waals surface area contributed by atoms with Gasteiger partial charge in [0, 0.05) is 23.6 Å². The van der Waals surface area contributed by atoms with Crippen molar-refractivity contribution in [1.82, 2.24) is 4.98 Å². The smallest absolute Gasteiger partial charge is 0.0612 e. The van der Waals surface area contributed by atoms with Gasteiger partial charge in [-0.15, -0.1) is 0 Å². The van der Waals surface area contributed by atoms with Crippen molar-refractivity contribution in [3.8, 4) is 11.8 Å². The van der Waals surface area contributed by atoms with Crippen LogP contribution in [-0.4, -0.2) is 4.98 Å². The Balaban J connectivity index is 2.26. The Bertz CT molecular complexity index is 497. The summed E-state index contributed by atoms with van der Waals surface area (Å²) in [5.41, 5.74) is 2.26. The van der Waals surface area contributed by atoms with E-state index in [1.54, 1.807) is 0 Å². The summed E-state index contributed by atoms with van der Waals surface area (Å²) >= 11 is 0. The molecule has 1 heterocycles. The molecule has 0 unspecified atom stereocenters. The average molecular weight is 197 g/mol. The van der Waals surface area contributed by atoms with Crippen molar-refractivity contribution in [2.24, 2.45) is 0 Å². The van der Waals surface area contributed by atoms with E-state index in [0.29, 0.717) is 0 Å². The highest BCUT2D eigenvalue weighted by Crippen LogP contribution is 2.15. The monoisotopic (exact) mass is 197 g/mol. The number of H-pyrrole nitrogens is 1. The summed E-state index contributed by atoms with van der Waals surface area (Å²) in [5, 5.41) is 1.23. The van der Waals surface area contributed by atoms with Crippen molar-refractivity contribution in [3.05, 3.63) is 36.0 Å². The first kappa shape index (κ1) is 9.86. The first-order valence-electron chi connectivity index (χ1n) is 5.47. The first-order valence-corrected chi connectivity index (χ1v) is 5.47. The van der Waals surface area contributed by atoms with Crippen LogP contribution in [0, 0.1) is 11.8 Å². The van der Waals surface area contributed by atoms with Gasteiger partial charge in [0.15, 0.2) is 0 Å². The number of hydrogen-bond donors (Lipinski definition) is 1. The zero-order chi connectivity index (χ0) is 10.5. The lowest BCUT2D eigenvalue weighted by Gasteiger charge is -1.93. The van der Waals surface area contributed by atoms with E-state index >= 15 is 0 Å². The van der Waals surface area contributed by atoms with Gasteiger partial charge in [-0.25, -0.2) is 0 Å². The van der Waals surface area contributed by atoms with Crippen LogP contribution in [0.3, 0.4) is 0 Å². The van der Waals surface area contributed by atoms with Gasteiger partial charge in [0.25, 0.3) is 0 Å². The third-order valence-electron chi connectivity index (χ3n) is 2.47. The third-order valence-corrected chi connectivity index (χ3v) is 2.47. The van der Waals surface area contributed by atoms with Gasteiger partial charge in [0.1, 0.15) is 0 Å². The first-order chi connectivity index (χ1) is 7.42. The number of benzene rings is 1. The molecule has 0 saturated heterocycles. The van der Waals surface area contributed by atoms with Gasteiger partial charge >= 0.3 is 0 Å². The van der Waals surface area contributed by atoms with Crippen LogP contribution < -0.4 is 0 Å².